The predicted octanol–water partition coefficient (Wildman–Crippen LogP) is -1.02. The summed E-state index contributed by atoms with van der Waals surface area (Å²) in [5.74, 6) is 0. The van der Waals surface area contributed by atoms with Crippen LogP contribution in [0.25, 0.3) is 0 Å². The van der Waals surface area contributed by atoms with Crippen LogP contribution in [0, 0.1) is 6.92 Å². The Labute approximate surface area is 109 Å². The lowest BCUT2D eigenvalue weighted by Crippen LogP contribution is -2.34. The molecule has 0 saturated carbocycles. The third kappa shape index (κ3) is 2.24. The highest BCUT2D eigenvalue weighted by molar-refractivity contribution is 5.01. The molecule has 0 aliphatic carbocycles. The van der Waals surface area contributed by atoms with E-state index < -0.39 is 5.69 Å². The van der Waals surface area contributed by atoms with E-state index in [1.807, 2.05) is 0 Å². The molecule has 3 atom stereocenters. The van der Waals surface area contributed by atoms with Gasteiger partial charge in [-0.1, -0.05) is 0 Å². The number of aromatic nitrogens is 2. The first-order chi connectivity index (χ1) is 9.04. The van der Waals surface area contributed by atoms with Gasteiger partial charge >= 0.3 is 5.69 Å². The first-order valence-corrected chi connectivity index (χ1v) is 6.46. The molecule has 3 heterocycles. The van der Waals surface area contributed by atoms with E-state index in [1.165, 1.54) is 4.57 Å². The van der Waals surface area contributed by atoms with Crippen LogP contribution in [-0.4, -0.2) is 44.5 Å². The minimum absolute atomic E-state index is 0.0320. The quantitative estimate of drug-likeness (QED) is 0.716. The van der Waals surface area contributed by atoms with Crippen molar-refractivity contribution in [3.63, 3.8) is 0 Å². The van der Waals surface area contributed by atoms with E-state index >= 15 is 0 Å². The number of hydrogen-bond acceptors (Lipinski definition) is 5. The molecule has 0 unspecified atom stereocenters. The molecule has 2 aliphatic rings. The van der Waals surface area contributed by atoms with Crippen molar-refractivity contribution in [2.24, 2.45) is 0 Å². The smallest absolute Gasteiger partial charge is 0.328 e. The fraction of sp³-hybridized carbons (Fsp3) is 0.667. The molecule has 2 N–H and O–H groups in total. The highest BCUT2D eigenvalue weighted by Crippen LogP contribution is 2.30. The van der Waals surface area contributed by atoms with Crippen LogP contribution in [0.5, 0.6) is 0 Å². The Morgan fingerprint density at radius 3 is 3.05 bits per heavy atom. The van der Waals surface area contributed by atoms with Crippen LogP contribution in [0.2, 0.25) is 0 Å². The Morgan fingerprint density at radius 2 is 2.32 bits per heavy atom. The molecule has 0 aromatic carbocycles. The summed E-state index contributed by atoms with van der Waals surface area (Å²) in [7, 11) is 0. The minimum Gasteiger partial charge on any atom is -0.391 e. The van der Waals surface area contributed by atoms with E-state index in [4.69, 9.17) is 4.84 Å². The van der Waals surface area contributed by atoms with Gasteiger partial charge in [-0.15, -0.1) is 0 Å². The highest BCUT2D eigenvalue weighted by atomic mass is 16.7. The van der Waals surface area contributed by atoms with E-state index in [2.05, 4.69) is 4.98 Å². The number of nitrogens with zero attached hydrogens (tertiary/aromatic N) is 2. The summed E-state index contributed by atoms with van der Waals surface area (Å²) in [6.07, 6.45) is 2.49. The van der Waals surface area contributed by atoms with Crippen molar-refractivity contribution in [3.8, 4) is 0 Å². The Balaban J connectivity index is 1.75. The summed E-state index contributed by atoms with van der Waals surface area (Å²) in [5, 5.41) is 11.6. The number of H-pyrrole nitrogens is 1. The van der Waals surface area contributed by atoms with Gasteiger partial charge in [0.1, 0.15) is 0 Å². The number of aliphatic hydroxyl groups excluding tert-OH is 1. The first-order valence-electron chi connectivity index (χ1n) is 6.46. The molecule has 2 fully saturated rings. The van der Waals surface area contributed by atoms with Crippen molar-refractivity contribution in [1.29, 1.82) is 0 Å². The second-order valence-corrected chi connectivity index (χ2v) is 5.25. The summed E-state index contributed by atoms with van der Waals surface area (Å²) in [4.78, 5) is 31.0. The van der Waals surface area contributed by atoms with Crippen LogP contribution in [-0.2, 0) is 11.4 Å². The van der Waals surface area contributed by atoms with Crippen LogP contribution in [0.4, 0.5) is 0 Å². The van der Waals surface area contributed by atoms with Gasteiger partial charge in [0.2, 0.25) is 0 Å². The fourth-order valence-corrected chi connectivity index (χ4v) is 2.80. The lowest BCUT2D eigenvalue weighted by atomic mass is 10.1. The Morgan fingerprint density at radius 1 is 1.53 bits per heavy atom. The van der Waals surface area contributed by atoms with Crippen molar-refractivity contribution in [3.05, 3.63) is 32.6 Å². The molecule has 3 rings (SSSR count). The molecule has 1 aromatic heterocycles. The molecule has 0 amide bonds. The molecule has 104 valence electrons. The number of aromatic amines is 1. The van der Waals surface area contributed by atoms with Crippen molar-refractivity contribution in [2.75, 3.05) is 6.54 Å². The van der Waals surface area contributed by atoms with Crippen LogP contribution in [0.1, 0.15) is 18.4 Å². The van der Waals surface area contributed by atoms with Gasteiger partial charge in [-0.05, 0) is 19.8 Å². The van der Waals surface area contributed by atoms with Crippen molar-refractivity contribution in [2.45, 2.75) is 44.6 Å². The second-order valence-electron chi connectivity index (χ2n) is 5.25. The topological polar surface area (TPSA) is 87.6 Å². The van der Waals surface area contributed by atoms with Gasteiger partial charge < -0.3 is 5.11 Å². The SMILES string of the molecule is Cc1cn(C[C@H]2C[C@@H]3[C@@H](O)CCN3O2)c(=O)[nH]c1=O. The maximum atomic E-state index is 11.7. The zero-order valence-corrected chi connectivity index (χ0v) is 10.7. The van der Waals surface area contributed by atoms with E-state index in [0.717, 1.165) is 13.0 Å². The number of hydrogen-bond donors (Lipinski definition) is 2. The van der Waals surface area contributed by atoms with Gasteiger partial charge in [-0.25, -0.2) is 4.79 Å². The summed E-state index contributed by atoms with van der Waals surface area (Å²) in [6.45, 7) is 2.77. The number of fused-ring (bicyclic) bond motifs is 1. The first kappa shape index (κ1) is 12.6. The highest BCUT2D eigenvalue weighted by Gasteiger charge is 2.42. The number of aryl methyl sites for hydroxylation is 1. The molecule has 7 nitrogen and oxygen atoms in total. The second kappa shape index (κ2) is 4.59. The van der Waals surface area contributed by atoms with Gasteiger partial charge in [0.05, 0.1) is 24.8 Å². The molecule has 2 saturated heterocycles. The third-order valence-electron chi connectivity index (χ3n) is 3.84. The average Bonchev–Trinajstić information content (AvgIpc) is 2.89. The van der Waals surface area contributed by atoms with Gasteiger partial charge in [0.15, 0.2) is 0 Å². The Kier molecular flexibility index (Phi) is 3.04. The molecule has 1 aromatic rings. The van der Waals surface area contributed by atoms with E-state index in [1.54, 1.807) is 18.2 Å². The maximum Gasteiger partial charge on any atom is 0.328 e. The predicted molar refractivity (Wildman–Crippen MR) is 66.7 cm³/mol. The zero-order chi connectivity index (χ0) is 13.6. The average molecular weight is 267 g/mol. The summed E-state index contributed by atoms with van der Waals surface area (Å²) < 4.78 is 1.45. The summed E-state index contributed by atoms with van der Waals surface area (Å²) in [6, 6.07) is 0.0320. The Hall–Kier alpha value is -1.44. The number of nitrogens with one attached hydrogen (secondary N) is 1. The molecular formula is C12H17N3O4. The van der Waals surface area contributed by atoms with Gasteiger partial charge in [-0.2, -0.15) is 5.06 Å². The molecule has 19 heavy (non-hydrogen) atoms. The third-order valence-corrected chi connectivity index (χ3v) is 3.84. The maximum absolute atomic E-state index is 11.7. The van der Waals surface area contributed by atoms with Gasteiger partial charge in [-0.3, -0.25) is 19.2 Å². The molecule has 7 heteroatoms. The van der Waals surface area contributed by atoms with E-state index in [0.29, 0.717) is 18.5 Å². The van der Waals surface area contributed by atoms with Crippen LogP contribution in [0.15, 0.2) is 15.8 Å². The molecule has 0 spiro atoms. The standard InChI is InChI=1S/C12H17N3O4/c1-7-5-14(12(18)13-11(7)17)6-8-4-9-10(16)2-3-15(9)19-8/h5,8-10,16H,2-4,6H2,1H3,(H,13,17,18)/t8-,9-,10+/m1/s1. The lowest BCUT2D eigenvalue weighted by Gasteiger charge is -2.14. The normalized spacial score (nSPS) is 30.7. The summed E-state index contributed by atoms with van der Waals surface area (Å²) >= 11 is 0. The monoisotopic (exact) mass is 267 g/mol. The number of aliphatic hydroxyl groups is 1. The lowest BCUT2D eigenvalue weighted by molar-refractivity contribution is -0.154. The minimum atomic E-state index is -0.424. The summed E-state index contributed by atoms with van der Waals surface area (Å²) in [5.41, 5.74) is -0.283. The van der Waals surface area contributed by atoms with Crippen molar-refractivity contribution >= 4 is 0 Å². The van der Waals surface area contributed by atoms with E-state index in [-0.39, 0.29) is 23.8 Å². The van der Waals surface area contributed by atoms with Crippen LogP contribution in [0.3, 0.4) is 0 Å². The van der Waals surface area contributed by atoms with E-state index in [9.17, 15) is 14.7 Å². The number of hydroxylamine groups is 2. The number of rotatable bonds is 2. The Bertz CT molecular complexity index is 593. The molecule has 0 bridgehead atoms. The van der Waals surface area contributed by atoms with Gasteiger partial charge in [0.25, 0.3) is 5.56 Å². The largest absolute Gasteiger partial charge is 0.391 e. The van der Waals surface area contributed by atoms with Crippen LogP contribution >= 0.6 is 0 Å². The molecule has 2 aliphatic heterocycles. The molecular weight excluding hydrogens is 250 g/mol. The zero-order valence-electron chi connectivity index (χ0n) is 10.7. The van der Waals surface area contributed by atoms with Crippen LogP contribution < -0.4 is 11.2 Å². The van der Waals surface area contributed by atoms with Crippen molar-refractivity contribution < 1.29 is 9.94 Å². The molecule has 0 radical (unpaired) electrons. The van der Waals surface area contributed by atoms with Crippen molar-refractivity contribution in [1.82, 2.24) is 14.6 Å². The fourth-order valence-electron chi connectivity index (χ4n) is 2.80. The van der Waals surface area contributed by atoms with Gasteiger partial charge in [0, 0.05) is 18.3 Å².